The molecule has 0 atom stereocenters. The van der Waals surface area contributed by atoms with Crippen LogP contribution in [0.3, 0.4) is 0 Å². The van der Waals surface area contributed by atoms with E-state index in [1.165, 1.54) is 17.0 Å². The highest BCUT2D eigenvalue weighted by atomic mass is 19.1. The Balaban J connectivity index is 2.14. The molecule has 0 fully saturated rings. The molecule has 0 spiro atoms. The zero-order chi connectivity index (χ0) is 15.5. The second-order valence-corrected chi connectivity index (χ2v) is 5.41. The Bertz CT molecular complexity index is 727. The predicted molar refractivity (Wildman–Crippen MR) is 82.6 cm³/mol. The van der Waals surface area contributed by atoms with Crippen molar-refractivity contribution >= 4 is 23.1 Å². The molecule has 112 valence electrons. The average molecular weight is 297 g/mol. The molecule has 0 saturated heterocycles. The smallest absolute Gasteiger partial charge is 0.238 e. The summed E-state index contributed by atoms with van der Waals surface area (Å²) >= 11 is 0. The van der Waals surface area contributed by atoms with Gasteiger partial charge in [0.1, 0.15) is 11.6 Å². The maximum Gasteiger partial charge on any atom is 0.238 e. The number of carbonyl (C=O) groups is 2. The first-order chi connectivity index (χ1) is 10.6. The molecule has 2 aromatic carbocycles. The fourth-order valence-electron chi connectivity index (χ4n) is 2.79. The molecular formula is C18H16FNO2. The Morgan fingerprint density at radius 1 is 0.955 bits per heavy atom. The number of anilines is 2. The molecule has 1 heterocycles. The van der Waals surface area contributed by atoms with Crippen LogP contribution in [0.2, 0.25) is 0 Å². The minimum atomic E-state index is -0.408. The summed E-state index contributed by atoms with van der Waals surface area (Å²) in [6.45, 7) is 0. The summed E-state index contributed by atoms with van der Waals surface area (Å²) in [6, 6.07) is 13.4. The Morgan fingerprint density at radius 2 is 1.77 bits per heavy atom. The number of Topliss-reactive ketones (excluding diaryl/α,β-unsaturated/α-hetero) is 1. The summed E-state index contributed by atoms with van der Waals surface area (Å²) < 4.78 is 13.6. The third-order valence-electron chi connectivity index (χ3n) is 3.80. The van der Waals surface area contributed by atoms with E-state index in [1.807, 2.05) is 24.3 Å². The molecule has 0 aromatic heterocycles. The predicted octanol–water partition coefficient (Wildman–Crippen LogP) is 3.79. The van der Waals surface area contributed by atoms with E-state index in [0.717, 1.165) is 24.1 Å². The number of hydrogen-bond donors (Lipinski definition) is 0. The van der Waals surface area contributed by atoms with Crippen LogP contribution in [-0.2, 0) is 16.0 Å². The Morgan fingerprint density at radius 3 is 2.59 bits per heavy atom. The number of nitrogens with zero attached hydrogens (tertiary/aromatic N) is 1. The Hall–Kier alpha value is -2.49. The van der Waals surface area contributed by atoms with E-state index in [9.17, 15) is 14.0 Å². The van der Waals surface area contributed by atoms with Crippen molar-refractivity contribution < 1.29 is 14.0 Å². The first-order valence-corrected chi connectivity index (χ1v) is 7.33. The van der Waals surface area contributed by atoms with Crippen molar-refractivity contribution in [2.75, 3.05) is 4.90 Å². The van der Waals surface area contributed by atoms with Gasteiger partial charge >= 0.3 is 0 Å². The van der Waals surface area contributed by atoms with Gasteiger partial charge in [-0.1, -0.05) is 24.3 Å². The number of fused-ring (bicyclic) bond motifs is 1. The lowest BCUT2D eigenvalue weighted by Crippen LogP contribution is -2.28. The molecule has 0 saturated carbocycles. The molecule has 3 rings (SSSR count). The molecule has 0 radical (unpaired) electrons. The van der Waals surface area contributed by atoms with Gasteiger partial charge in [-0.25, -0.2) is 4.39 Å². The summed E-state index contributed by atoms with van der Waals surface area (Å²) in [6.07, 6.45) is 1.70. The van der Waals surface area contributed by atoms with Crippen LogP contribution in [-0.4, -0.2) is 11.7 Å². The minimum absolute atomic E-state index is 0.0702. The lowest BCUT2D eigenvalue weighted by atomic mass is 10.0. The van der Waals surface area contributed by atoms with Crippen LogP contribution >= 0.6 is 0 Å². The van der Waals surface area contributed by atoms with Gasteiger partial charge in [-0.2, -0.15) is 0 Å². The molecule has 2 aromatic rings. The van der Waals surface area contributed by atoms with Gasteiger partial charge in [0.25, 0.3) is 0 Å². The normalized spacial score (nSPS) is 15.8. The maximum absolute atomic E-state index is 13.6. The minimum Gasteiger partial charge on any atom is -0.299 e. The van der Waals surface area contributed by atoms with Crippen molar-refractivity contribution in [3.8, 4) is 0 Å². The second kappa shape index (κ2) is 6.10. The van der Waals surface area contributed by atoms with Crippen LogP contribution in [0.15, 0.2) is 48.5 Å². The van der Waals surface area contributed by atoms with E-state index >= 15 is 0 Å². The largest absolute Gasteiger partial charge is 0.299 e. The highest BCUT2D eigenvalue weighted by Crippen LogP contribution is 2.32. The van der Waals surface area contributed by atoms with Crippen LogP contribution in [0.25, 0.3) is 0 Å². The molecule has 22 heavy (non-hydrogen) atoms. The lowest BCUT2D eigenvalue weighted by Gasteiger charge is -2.24. The zero-order valence-electron chi connectivity index (χ0n) is 12.1. The number of carbonyl (C=O) groups excluding carboxylic acids is 2. The molecule has 1 aliphatic rings. The van der Waals surface area contributed by atoms with Gasteiger partial charge < -0.3 is 0 Å². The number of benzene rings is 2. The summed E-state index contributed by atoms with van der Waals surface area (Å²) in [5, 5.41) is 0. The number of amides is 1. The van der Waals surface area contributed by atoms with Gasteiger partial charge in [0, 0.05) is 6.42 Å². The highest BCUT2D eigenvalue weighted by Gasteiger charge is 2.24. The van der Waals surface area contributed by atoms with Crippen LogP contribution < -0.4 is 4.90 Å². The number of rotatable bonds is 1. The first-order valence-electron chi connectivity index (χ1n) is 7.33. The van der Waals surface area contributed by atoms with Crippen LogP contribution in [0.5, 0.6) is 0 Å². The Labute approximate surface area is 128 Å². The third-order valence-corrected chi connectivity index (χ3v) is 3.80. The van der Waals surface area contributed by atoms with E-state index in [-0.39, 0.29) is 18.1 Å². The topological polar surface area (TPSA) is 37.4 Å². The lowest BCUT2D eigenvalue weighted by molar-refractivity contribution is -0.126. The van der Waals surface area contributed by atoms with E-state index in [0.29, 0.717) is 12.1 Å². The summed E-state index contributed by atoms with van der Waals surface area (Å²) in [5.74, 6) is -0.793. The van der Waals surface area contributed by atoms with Crippen LogP contribution in [0.4, 0.5) is 15.8 Å². The molecule has 0 bridgehead atoms. The van der Waals surface area contributed by atoms with Gasteiger partial charge in [-0.15, -0.1) is 0 Å². The number of aryl methyl sites for hydroxylation is 1. The van der Waals surface area contributed by atoms with E-state index in [1.54, 1.807) is 12.1 Å². The SMILES string of the molecule is O=C1CCCc2ccccc2N(c2cccc(F)c2)C(=O)C1. The van der Waals surface area contributed by atoms with E-state index in [2.05, 4.69) is 0 Å². The van der Waals surface area contributed by atoms with Gasteiger partial charge in [-0.3, -0.25) is 14.5 Å². The molecule has 1 aliphatic heterocycles. The number of hydrogen-bond acceptors (Lipinski definition) is 2. The monoisotopic (exact) mass is 297 g/mol. The van der Waals surface area contributed by atoms with Crippen molar-refractivity contribution in [2.24, 2.45) is 0 Å². The quantitative estimate of drug-likeness (QED) is 0.751. The zero-order valence-corrected chi connectivity index (χ0v) is 12.1. The maximum atomic E-state index is 13.6. The van der Waals surface area contributed by atoms with Crippen molar-refractivity contribution in [1.29, 1.82) is 0 Å². The molecular weight excluding hydrogens is 281 g/mol. The average Bonchev–Trinajstić information content (AvgIpc) is 2.54. The van der Waals surface area contributed by atoms with Crippen molar-refractivity contribution in [3.63, 3.8) is 0 Å². The first kappa shape index (κ1) is 14.4. The molecule has 0 N–H and O–H groups in total. The van der Waals surface area contributed by atoms with E-state index in [4.69, 9.17) is 0 Å². The van der Waals surface area contributed by atoms with Gasteiger partial charge in [0.2, 0.25) is 5.91 Å². The van der Waals surface area contributed by atoms with Gasteiger partial charge in [0.05, 0.1) is 17.8 Å². The van der Waals surface area contributed by atoms with Gasteiger partial charge in [0.15, 0.2) is 0 Å². The molecule has 0 aliphatic carbocycles. The summed E-state index contributed by atoms with van der Waals surface area (Å²) in [5.41, 5.74) is 2.18. The fourth-order valence-corrected chi connectivity index (χ4v) is 2.79. The summed E-state index contributed by atoms with van der Waals surface area (Å²) in [4.78, 5) is 25.9. The summed E-state index contributed by atoms with van der Waals surface area (Å²) in [7, 11) is 0. The standard InChI is InChI=1S/C18H16FNO2/c19-14-7-4-8-15(11-14)20-17-10-2-1-5-13(17)6-3-9-16(21)12-18(20)22/h1-2,4-5,7-8,10-11H,3,6,9,12H2. The molecule has 0 unspecified atom stereocenters. The number of para-hydroxylation sites is 1. The molecule has 4 heteroatoms. The Kier molecular flexibility index (Phi) is 4.00. The fraction of sp³-hybridized carbons (Fsp3) is 0.222. The number of halogens is 1. The van der Waals surface area contributed by atoms with Crippen molar-refractivity contribution in [1.82, 2.24) is 0 Å². The van der Waals surface area contributed by atoms with Gasteiger partial charge in [-0.05, 0) is 42.7 Å². The van der Waals surface area contributed by atoms with E-state index < -0.39 is 5.82 Å². The highest BCUT2D eigenvalue weighted by molar-refractivity contribution is 6.10. The third kappa shape index (κ3) is 2.91. The molecule has 3 nitrogen and oxygen atoms in total. The van der Waals surface area contributed by atoms with Crippen LogP contribution in [0.1, 0.15) is 24.8 Å². The van der Waals surface area contributed by atoms with Crippen LogP contribution in [0, 0.1) is 5.82 Å². The van der Waals surface area contributed by atoms with Crippen molar-refractivity contribution in [2.45, 2.75) is 25.7 Å². The van der Waals surface area contributed by atoms with Crippen molar-refractivity contribution in [3.05, 3.63) is 59.9 Å². The molecule has 1 amide bonds. The second-order valence-electron chi connectivity index (χ2n) is 5.41. The number of ketones is 1.